The molecule has 0 spiro atoms. The molecular formula is C24H14N2O3. The van der Waals surface area contributed by atoms with Gasteiger partial charge in [0.2, 0.25) is 0 Å². The summed E-state index contributed by atoms with van der Waals surface area (Å²) >= 11 is 0. The standard InChI is InChI=1S/C24H14N2O3/c25-14-16(13-15-7-2-1-3-8-15)24(29)26-20-12-6-11-19-21(20)23(28)18-10-5-4-9-17(18)22(19)27/h1-13H,(H,26,29)/b16-13+. The molecule has 0 fully saturated rings. The molecule has 3 aromatic carbocycles. The van der Waals surface area contributed by atoms with Crippen LogP contribution in [0, 0.1) is 11.3 Å². The van der Waals surface area contributed by atoms with Crippen LogP contribution in [0.5, 0.6) is 0 Å². The second kappa shape index (κ2) is 7.37. The third kappa shape index (κ3) is 3.24. The number of rotatable bonds is 3. The predicted octanol–water partition coefficient (Wildman–Crippen LogP) is 4.01. The monoisotopic (exact) mass is 378 g/mol. The fraction of sp³-hybridized carbons (Fsp3) is 0. The van der Waals surface area contributed by atoms with E-state index in [-0.39, 0.29) is 34.0 Å². The van der Waals surface area contributed by atoms with Crippen molar-refractivity contribution in [3.8, 4) is 6.07 Å². The third-order valence-electron chi connectivity index (χ3n) is 4.68. The number of carbonyl (C=O) groups excluding carboxylic acids is 3. The van der Waals surface area contributed by atoms with Crippen molar-refractivity contribution in [2.45, 2.75) is 0 Å². The molecule has 0 saturated heterocycles. The zero-order chi connectivity index (χ0) is 20.4. The van der Waals surface area contributed by atoms with Gasteiger partial charge in [-0.3, -0.25) is 14.4 Å². The molecule has 0 aliphatic heterocycles. The highest BCUT2D eigenvalue weighted by Crippen LogP contribution is 2.32. The largest absolute Gasteiger partial charge is 0.321 e. The number of anilines is 1. The molecule has 29 heavy (non-hydrogen) atoms. The van der Waals surface area contributed by atoms with Crippen molar-refractivity contribution in [3.63, 3.8) is 0 Å². The molecule has 1 amide bonds. The van der Waals surface area contributed by atoms with Crippen molar-refractivity contribution in [1.82, 2.24) is 0 Å². The predicted molar refractivity (Wildman–Crippen MR) is 108 cm³/mol. The van der Waals surface area contributed by atoms with Crippen molar-refractivity contribution >= 4 is 29.2 Å². The Balaban J connectivity index is 1.72. The van der Waals surface area contributed by atoms with E-state index in [9.17, 15) is 19.6 Å². The summed E-state index contributed by atoms with van der Waals surface area (Å²) in [4.78, 5) is 38.5. The van der Waals surface area contributed by atoms with E-state index in [4.69, 9.17) is 0 Å². The van der Waals surface area contributed by atoms with Crippen LogP contribution in [0.25, 0.3) is 6.08 Å². The molecule has 4 rings (SSSR count). The number of fused-ring (bicyclic) bond motifs is 2. The second-order valence-corrected chi connectivity index (χ2v) is 6.47. The Hall–Kier alpha value is -4.30. The van der Waals surface area contributed by atoms with Crippen LogP contribution in [0.4, 0.5) is 5.69 Å². The Bertz CT molecular complexity index is 1230. The van der Waals surface area contributed by atoms with Gasteiger partial charge < -0.3 is 5.32 Å². The average Bonchev–Trinajstić information content (AvgIpc) is 2.76. The first-order chi connectivity index (χ1) is 14.1. The fourth-order valence-electron chi connectivity index (χ4n) is 3.30. The molecule has 1 aliphatic rings. The molecule has 138 valence electrons. The van der Waals surface area contributed by atoms with Gasteiger partial charge in [0, 0.05) is 16.7 Å². The number of nitriles is 1. The minimum Gasteiger partial charge on any atom is -0.321 e. The van der Waals surface area contributed by atoms with Crippen molar-refractivity contribution in [1.29, 1.82) is 5.26 Å². The Morgan fingerprint density at radius 2 is 1.41 bits per heavy atom. The van der Waals surface area contributed by atoms with Gasteiger partial charge in [-0.1, -0.05) is 66.7 Å². The number of carbonyl (C=O) groups is 3. The van der Waals surface area contributed by atoms with Crippen molar-refractivity contribution in [2.24, 2.45) is 0 Å². The van der Waals surface area contributed by atoms with E-state index in [1.54, 1.807) is 66.7 Å². The number of hydrogen-bond donors (Lipinski definition) is 1. The summed E-state index contributed by atoms with van der Waals surface area (Å²) in [5, 5.41) is 12.0. The van der Waals surface area contributed by atoms with Crippen LogP contribution in [-0.2, 0) is 4.79 Å². The quantitative estimate of drug-likeness (QED) is 0.431. The first-order valence-corrected chi connectivity index (χ1v) is 8.90. The zero-order valence-corrected chi connectivity index (χ0v) is 15.2. The number of ketones is 2. The second-order valence-electron chi connectivity index (χ2n) is 6.47. The lowest BCUT2D eigenvalue weighted by Crippen LogP contribution is -2.24. The Morgan fingerprint density at radius 1 is 0.793 bits per heavy atom. The summed E-state index contributed by atoms with van der Waals surface area (Å²) in [6.07, 6.45) is 1.47. The van der Waals surface area contributed by atoms with E-state index in [0.717, 1.165) is 0 Å². The number of amides is 1. The number of benzene rings is 3. The molecule has 0 bridgehead atoms. The van der Waals surface area contributed by atoms with Crippen LogP contribution in [-0.4, -0.2) is 17.5 Å². The summed E-state index contributed by atoms with van der Waals surface area (Å²) in [5.74, 6) is -1.26. The molecule has 5 nitrogen and oxygen atoms in total. The molecule has 0 saturated carbocycles. The minimum atomic E-state index is -0.649. The maximum absolute atomic E-state index is 13.0. The molecule has 1 N–H and O–H groups in total. The molecular weight excluding hydrogens is 364 g/mol. The lowest BCUT2D eigenvalue weighted by Gasteiger charge is -2.20. The maximum atomic E-state index is 13.0. The lowest BCUT2D eigenvalue weighted by molar-refractivity contribution is -0.112. The van der Waals surface area contributed by atoms with E-state index >= 15 is 0 Å². The highest BCUT2D eigenvalue weighted by Gasteiger charge is 2.31. The van der Waals surface area contributed by atoms with Crippen LogP contribution in [0.3, 0.4) is 0 Å². The van der Waals surface area contributed by atoms with Crippen LogP contribution in [0.15, 0.2) is 78.4 Å². The average molecular weight is 378 g/mol. The van der Waals surface area contributed by atoms with Gasteiger partial charge in [-0.05, 0) is 17.7 Å². The fourth-order valence-corrected chi connectivity index (χ4v) is 3.30. The van der Waals surface area contributed by atoms with Crippen LogP contribution >= 0.6 is 0 Å². The van der Waals surface area contributed by atoms with Gasteiger partial charge in [0.25, 0.3) is 5.91 Å². The van der Waals surface area contributed by atoms with E-state index in [2.05, 4.69) is 5.32 Å². The van der Waals surface area contributed by atoms with Gasteiger partial charge in [-0.25, -0.2) is 0 Å². The van der Waals surface area contributed by atoms with Crippen molar-refractivity contribution < 1.29 is 14.4 Å². The molecule has 1 aliphatic carbocycles. The number of nitrogens with zero attached hydrogens (tertiary/aromatic N) is 1. The lowest BCUT2D eigenvalue weighted by atomic mass is 9.83. The van der Waals surface area contributed by atoms with Gasteiger partial charge >= 0.3 is 0 Å². The molecule has 0 heterocycles. The van der Waals surface area contributed by atoms with Gasteiger partial charge in [0.15, 0.2) is 11.6 Å². The first kappa shape index (κ1) is 18.1. The molecule has 0 unspecified atom stereocenters. The van der Waals surface area contributed by atoms with Gasteiger partial charge in [-0.2, -0.15) is 5.26 Å². The minimum absolute atomic E-state index is 0.108. The summed E-state index contributed by atoms with van der Waals surface area (Å²) in [7, 11) is 0. The Morgan fingerprint density at radius 3 is 2.10 bits per heavy atom. The number of nitrogens with one attached hydrogen (secondary N) is 1. The van der Waals surface area contributed by atoms with E-state index in [1.165, 1.54) is 6.08 Å². The van der Waals surface area contributed by atoms with E-state index < -0.39 is 5.91 Å². The van der Waals surface area contributed by atoms with Gasteiger partial charge in [0.1, 0.15) is 11.6 Å². The Labute approximate surface area is 166 Å². The Kier molecular flexibility index (Phi) is 4.60. The molecule has 0 radical (unpaired) electrons. The molecule has 5 heteroatoms. The molecule has 3 aromatic rings. The van der Waals surface area contributed by atoms with E-state index in [0.29, 0.717) is 16.7 Å². The topological polar surface area (TPSA) is 87.0 Å². The van der Waals surface area contributed by atoms with Crippen LogP contribution < -0.4 is 5.32 Å². The van der Waals surface area contributed by atoms with Gasteiger partial charge in [0.05, 0.1) is 11.3 Å². The summed E-state index contributed by atoms with van der Waals surface area (Å²) in [6.45, 7) is 0. The highest BCUT2D eigenvalue weighted by molar-refractivity contribution is 6.30. The maximum Gasteiger partial charge on any atom is 0.266 e. The molecule has 0 atom stereocenters. The van der Waals surface area contributed by atoms with Crippen LogP contribution in [0.1, 0.15) is 37.4 Å². The van der Waals surface area contributed by atoms with E-state index in [1.807, 2.05) is 12.1 Å². The molecule has 0 aromatic heterocycles. The number of hydrogen-bond acceptors (Lipinski definition) is 4. The summed E-state index contributed by atoms with van der Waals surface area (Å²) in [5.41, 5.74) is 1.81. The zero-order valence-electron chi connectivity index (χ0n) is 15.2. The van der Waals surface area contributed by atoms with Crippen molar-refractivity contribution in [2.75, 3.05) is 5.32 Å². The SMILES string of the molecule is N#C/C(=C\c1ccccc1)C(=O)Nc1cccc2c1C(=O)c1ccccc1C2=O. The third-order valence-corrected chi connectivity index (χ3v) is 4.68. The van der Waals surface area contributed by atoms with Crippen molar-refractivity contribution in [3.05, 3.63) is 106 Å². The smallest absolute Gasteiger partial charge is 0.266 e. The van der Waals surface area contributed by atoms with Gasteiger partial charge in [-0.15, -0.1) is 0 Å². The van der Waals surface area contributed by atoms with Crippen LogP contribution in [0.2, 0.25) is 0 Å². The summed E-state index contributed by atoms with van der Waals surface area (Å²) < 4.78 is 0. The highest BCUT2D eigenvalue weighted by atomic mass is 16.2. The first-order valence-electron chi connectivity index (χ1n) is 8.90. The normalized spacial score (nSPS) is 12.6. The summed E-state index contributed by atoms with van der Waals surface area (Å²) in [6, 6.07) is 22.2.